The van der Waals surface area contributed by atoms with Crippen molar-refractivity contribution < 1.29 is 19.4 Å². The predicted molar refractivity (Wildman–Crippen MR) is 87.3 cm³/mol. The van der Waals surface area contributed by atoms with Gasteiger partial charge in [0.25, 0.3) is 0 Å². The molecule has 1 saturated heterocycles. The van der Waals surface area contributed by atoms with Crippen molar-refractivity contribution in [1.29, 1.82) is 0 Å². The molecule has 2 fully saturated rings. The molecule has 1 amide bonds. The maximum absolute atomic E-state index is 12.3. The molecule has 6 heteroatoms. The topological polar surface area (TPSA) is 78.9 Å². The first-order chi connectivity index (χ1) is 10.8. The minimum atomic E-state index is -0.687. The molecule has 0 spiro atoms. The summed E-state index contributed by atoms with van der Waals surface area (Å²) in [6.45, 7) is 7.09. The molecule has 1 heterocycles. The summed E-state index contributed by atoms with van der Waals surface area (Å²) in [6.07, 6.45) is 5.16. The highest BCUT2D eigenvalue weighted by atomic mass is 16.6. The zero-order valence-corrected chi connectivity index (χ0v) is 14.5. The SMILES string of the molecule is CC(C)(C)OC(=O)N1CCCC1CNC1CCCC(C(=O)O)C1. The standard InChI is InChI=1S/C17H30N2O4/c1-17(2,3)23-16(22)19-9-5-8-14(19)11-18-13-7-4-6-12(10-13)15(20)21/h12-14,18H,4-11H2,1-3H3,(H,20,21). The highest BCUT2D eigenvalue weighted by Crippen LogP contribution is 2.25. The van der Waals surface area contributed by atoms with Gasteiger partial charge in [0.05, 0.1) is 5.92 Å². The lowest BCUT2D eigenvalue weighted by atomic mass is 9.85. The molecule has 0 aromatic carbocycles. The zero-order chi connectivity index (χ0) is 17.0. The van der Waals surface area contributed by atoms with E-state index in [1.807, 2.05) is 25.7 Å². The molecule has 3 atom stereocenters. The number of amides is 1. The molecule has 6 nitrogen and oxygen atoms in total. The summed E-state index contributed by atoms with van der Waals surface area (Å²) in [5, 5.41) is 12.6. The number of aliphatic carboxylic acids is 1. The molecule has 1 aliphatic carbocycles. The Hall–Kier alpha value is -1.30. The van der Waals surface area contributed by atoms with Crippen molar-refractivity contribution in [3.05, 3.63) is 0 Å². The van der Waals surface area contributed by atoms with Crippen LogP contribution in [0.5, 0.6) is 0 Å². The fraction of sp³-hybridized carbons (Fsp3) is 0.882. The predicted octanol–water partition coefficient (Wildman–Crippen LogP) is 2.62. The molecule has 0 aromatic rings. The van der Waals surface area contributed by atoms with Gasteiger partial charge in [-0.3, -0.25) is 4.79 Å². The fourth-order valence-corrected chi connectivity index (χ4v) is 3.51. The van der Waals surface area contributed by atoms with Crippen molar-refractivity contribution >= 4 is 12.1 Å². The van der Waals surface area contributed by atoms with E-state index in [0.29, 0.717) is 6.42 Å². The first-order valence-electron chi connectivity index (χ1n) is 8.72. The van der Waals surface area contributed by atoms with Crippen LogP contribution in [0.25, 0.3) is 0 Å². The molecule has 2 rings (SSSR count). The van der Waals surface area contributed by atoms with E-state index in [9.17, 15) is 9.59 Å². The lowest BCUT2D eigenvalue weighted by Gasteiger charge is -2.32. The first-order valence-corrected chi connectivity index (χ1v) is 8.72. The quantitative estimate of drug-likeness (QED) is 0.830. The van der Waals surface area contributed by atoms with E-state index in [1.165, 1.54) is 0 Å². The number of ether oxygens (including phenoxy) is 1. The Morgan fingerprint density at radius 2 is 1.96 bits per heavy atom. The van der Waals surface area contributed by atoms with E-state index in [0.717, 1.165) is 45.2 Å². The van der Waals surface area contributed by atoms with E-state index < -0.39 is 11.6 Å². The molecule has 0 bridgehead atoms. The summed E-state index contributed by atoms with van der Waals surface area (Å²) in [4.78, 5) is 25.2. The molecular weight excluding hydrogens is 296 g/mol. The van der Waals surface area contributed by atoms with Crippen LogP contribution in [0.15, 0.2) is 0 Å². The van der Waals surface area contributed by atoms with Gasteiger partial charge in [-0.15, -0.1) is 0 Å². The Balaban J connectivity index is 1.82. The maximum Gasteiger partial charge on any atom is 0.410 e. The Labute approximate surface area is 138 Å². The second-order valence-corrected chi connectivity index (χ2v) is 7.78. The van der Waals surface area contributed by atoms with Crippen molar-refractivity contribution in [2.24, 2.45) is 5.92 Å². The molecule has 0 radical (unpaired) electrons. The second-order valence-electron chi connectivity index (χ2n) is 7.78. The van der Waals surface area contributed by atoms with Gasteiger partial charge in [-0.1, -0.05) is 6.42 Å². The monoisotopic (exact) mass is 326 g/mol. The lowest BCUT2D eigenvalue weighted by molar-refractivity contribution is -0.143. The van der Waals surface area contributed by atoms with E-state index in [-0.39, 0.29) is 24.1 Å². The van der Waals surface area contributed by atoms with Crippen molar-refractivity contribution in [3.8, 4) is 0 Å². The van der Waals surface area contributed by atoms with Crippen molar-refractivity contribution in [3.63, 3.8) is 0 Å². The van der Waals surface area contributed by atoms with Crippen molar-refractivity contribution in [2.75, 3.05) is 13.1 Å². The van der Waals surface area contributed by atoms with Crippen LogP contribution in [0.1, 0.15) is 59.3 Å². The van der Waals surface area contributed by atoms with Gasteiger partial charge in [0.15, 0.2) is 0 Å². The number of rotatable bonds is 4. The Morgan fingerprint density at radius 1 is 1.22 bits per heavy atom. The number of nitrogens with one attached hydrogen (secondary N) is 1. The van der Waals surface area contributed by atoms with Gasteiger partial charge in [0.2, 0.25) is 0 Å². The third-order valence-corrected chi connectivity index (χ3v) is 4.67. The second kappa shape index (κ2) is 7.51. The van der Waals surface area contributed by atoms with Crippen LogP contribution >= 0.6 is 0 Å². The molecule has 0 aromatic heterocycles. The molecule has 3 unspecified atom stereocenters. The summed E-state index contributed by atoms with van der Waals surface area (Å²) in [6, 6.07) is 0.390. The van der Waals surface area contributed by atoms with Gasteiger partial charge < -0.3 is 20.1 Å². The van der Waals surface area contributed by atoms with Crippen LogP contribution in [0.2, 0.25) is 0 Å². The fourth-order valence-electron chi connectivity index (χ4n) is 3.51. The van der Waals surface area contributed by atoms with Crippen LogP contribution in [0.3, 0.4) is 0 Å². The molecule has 1 aliphatic heterocycles. The number of carbonyl (C=O) groups excluding carboxylic acids is 1. The normalized spacial score (nSPS) is 28.7. The van der Waals surface area contributed by atoms with Crippen LogP contribution < -0.4 is 5.32 Å². The number of nitrogens with zero attached hydrogens (tertiary/aromatic N) is 1. The Bertz CT molecular complexity index is 433. The summed E-state index contributed by atoms with van der Waals surface area (Å²) < 4.78 is 5.47. The number of hydrogen-bond donors (Lipinski definition) is 2. The van der Waals surface area contributed by atoms with Gasteiger partial charge in [0, 0.05) is 25.2 Å². The molecule has 23 heavy (non-hydrogen) atoms. The molecule has 1 saturated carbocycles. The van der Waals surface area contributed by atoms with E-state index >= 15 is 0 Å². The zero-order valence-electron chi connectivity index (χ0n) is 14.5. The van der Waals surface area contributed by atoms with Gasteiger partial charge in [-0.05, 0) is 52.9 Å². The van der Waals surface area contributed by atoms with Crippen LogP contribution in [0.4, 0.5) is 4.79 Å². The summed E-state index contributed by atoms with van der Waals surface area (Å²) in [5.41, 5.74) is -0.476. The molecule has 2 aliphatic rings. The highest BCUT2D eigenvalue weighted by Gasteiger charge is 2.33. The lowest BCUT2D eigenvalue weighted by Crippen LogP contribution is -2.47. The Kier molecular flexibility index (Phi) is 5.89. The number of carboxylic acids is 1. The average Bonchev–Trinajstić information content (AvgIpc) is 2.92. The molecular formula is C17H30N2O4. The minimum Gasteiger partial charge on any atom is -0.481 e. The first kappa shape index (κ1) is 18.0. The minimum absolute atomic E-state index is 0.148. The number of carboxylic acid groups (broad SMARTS) is 1. The number of carbonyl (C=O) groups is 2. The summed E-state index contributed by atoms with van der Waals surface area (Å²) >= 11 is 0. The largest absolute Gasteiger partial charge is 0.481 e. The smallest absolute Gasteiger partial charge is 0.410 e. The van der Waals surface area contributed by atoms with Crippen molar-refractivity contribution in [2.45, 2.75) is 77.0 Å². The van der Waals surface area contributed by atoms with Crippen molar-refractivity contribution in [1.82, 2.24) is 10.2 Å². The highest BCUT2D eigenvalue weighted by molar-refractivity contribution is 5.70. The molecule has 2 N–H and O–H groups in total. The number of likely N-dealkylation sites (tertiary alicyclic amines) is 1. The third kappa shape index (κ3) is 5.37. The van der Waals surface area contributed by atoms with Crippen LogP contribution in [0, 0.1) is 5.92 Å². The van der Waals surface area contributed by atoms with E-state index in [2.05, 4.69) is 5.32 Å². The third-order valence-electron chi connectivity index (χ3n) is 4.67. The van der Waals surface area contributed by atoms with Crippen LogP contribution in [-0.2, 0) is 9.53 Å². The van der Waals surface area contributed by atoms with Gasteiger partial charge in [0.1, 0.15) is 5.60 Å². The molecule has 132 valence electrons. The number of hydrogen-bond acceptors (Lipinski definition) is 4. The van der Waals surface area contributed by atoms with Crippen LogP contribution in [-0.4, -0.2) is 52.8 Å². The Morgan fingerprint density at radius 3 is 2.61 bits per heavy atom. The summed E-state index contributed by atoms with van der Waals surface area (Å²) in [7, 11) is 0. The van der Waals surface area contributed by atoms with Gasteiger partial charge in [-0.25, -0.2) is 4.79 Å². The van der Waals surface area contributed by atoms with E-state index in [4.69, 9.17) is 9.84 Å². The average molecular weight is 326 g/mol. The van der Waals surface area contributed by atoms with Gasteiger partial charge in [-0.2, -0.15) is 0 Å². The van der Waals surface area contributed by atoms with E-state index in [1.54, 1.807) is 0 Å². The maximum atomic E-state index is 12.3. The van der Waals surface area contributed by atoms with Gasteiger partial charge >= 0.3 is 12.1 Å². The summed E-state index contributed by atoms with van der Waals surface area (Å²) in [5.74, 6) is -0.917.